The van der Waals surface area contributed by atoms with Crippen LogP contribution in [0, 0.1) is 5.82 Å². The van der Waals surface area contributed by atoms with E-state index in [1.165, 1.54) is 18.2 Å². The summed E-state index contributed by atoms with van der Waals surface area (Å²) in [5, 5.41) is 2.28. The van der Waals surface area contributed by atoms with Gasteiger partial charge < -0.3 is 10.1 Å². The number of nitrogens with zero attached hydrogens (tertiary/aromatic N) is 2. The van der Waals surface area contributed by atoms with Crippen LogP contribution in [0.3, 0.4) is 0 Å². The third kappa shape index (κ3) is 7.03. The summed E-state index contributed by atoms with van der Waals surface area (Å²) in [7, 11) is 1.83. The van der Waals surface area contributed by atoms with Gasteiger partial charge in [-0.05, 0) is 48.6 Å². The van der Waals surface area contributed by atoms with Crippen LogP contribution in [0.5, 0.6) is 5.75 Å². The minimum Gasteiger partial charge on any atom is -0.490 e. The Kier molecular flexibility index (Phi) is 9.00. The van der Waals surface area contributed by atoms with Crippen LogP contribution >= 0.6 is 11.8 Å². The quantitative estimate of drug-likeness (QED) is 0.388. The molecule has 1 saturated heterocycles. The second kappa shape index (κ2) is 12.2. The van der Waals surface area contributed by atoms with Crippen LogP contribution in [0.4, 0.5) is 9.18 Å². The zero-order chi connectivity index (χ0) is 24.5. The van der Waals surface area contributed by atoms with E-state index in [1.807, 2.05) is 36.2 Å². The van der Waals surface area contributed by atoms with Crippen molar-refractivity contribution in [2.24, 2.45) is 0 Å². The first kappa shape index (κ1) is 25.2. The monoisotopic (exact) mass is 483 g/mol. The van der Waals surface area contributed by atoms with Crippen molar-refractivity contribution in [3.8, 4) is 5.75 Å². The number of nitrogens with one attached hydrogen (secondary N) is 1. The van der Waals surface area contributed by atoms with Crippen molar-refractivity contribution in [3.63, 3.8) is 0 Å². The van der Waals surface area contributed by atoms with Crippen LogP contribution in [0.15, 0.2) is 66.1 Å². The minimum atomic E-state index is -0.495. The van der Waals surface area contributed by atoms with E-state index in [0.29, 0.717) is 13.2 Å². The van der Waals surface area contributed by atoms with E-state index >= 15 is 0 Å². The lowest BCUT2D eigenvalue weighted by Gasteiger charge is -2.17. The summed E-state index contributed by atoms with van der Waals surface area (Å²) in [6.45, 7) is 4.95. The topological polar surface area (TPSA) is 79.0 Å². The maximum atomic E-state index is 13.8. The summed E-state index contributed by atoms with van der Waals surface area (Å²) in [6.07, 6.45) is 3.04. The highest BCUT2D eigenvalue weighted by atomic mass is 32.2. The van der Waals surface area contributed by atoms with Gasteiger partial charge in [0.05, 0.1) is 11.4 Å². The number of carbonyl (C=O) groups is 3. The standard InChI is InChI=1S/C25H26FN3O4S/c1-3-14-33-20-10-8-18(9-11-20)16-28(2)17-23(30)27-12-13-29-24(31)22(34-25(29)32)15-19-6-4-5-7-21(19)26/h3-11,15H,1,12-14,16-17H2,2H3,(H,27,30)/b22-15-. The van der Waals surface area contributed by atoms with Crippen LogP contribution in [-0.2, 0) is 16.1 Å². The fourth-order valence-corrected chi connectivity index (χ4v) is 4.10. The molecule has 0 radical (unpaired) electrons. The van der Waals surface area contributed by atoms with Crippen LogP contribution in [0.25, 0.3) is 6.08 Å². The van der Waals surface area contributed by atoms with E-state index in [9.17, 15) is 18.8 Å². The lowest BCUT2D eigenvalue weighted by atomic mass is 10.2. The molecule has 0 aliphatic carbocycles. The average Bonchev–Trinajstić information content (AvgIpc) is 3.07. The fraction of sp³-hybridized carbons (Fsp3) is 0.240. The first-order chi connectivity index (χ1) is 16.4. The molecule has 34 heavy (non-hydrogen) atoms. The zero-order valence-corrected chi connectivity index (χ0v) is 19.6. The Hall–Kier alpha value is -3.43. The first-order valence-electron chi connectivity index (χ1n) is 10.6. The molecule has 0 aromatic heterocycles. The molecule has 1 aliphatic heterocycles. The Morgan fingerprint density at radius 2 is 1.94 bits per heavy atom. The second-order valence-electron chi connectivity index (χ2n) is 7.62. The molecule has 2 aromatic carbocycles. The Morgan fingerprint density at radius 3 is 2.65 bits per heavy atom. The molecule has 1 aliphatic rings. The smallest absolute Gasteiger partial charge is 0.293 e. The Morgan fingerprint density at radius 1 is 1.21 bits per heavy atom. The minimum absolute atomic E-state index is 0.0426. The predicted octanol–water partition coefficient (Wildman–Crippen LogP) is 3.68. The molecule has 0 atom stereocenters. The van der Waals surface area contributed by atoms with E-state index in [0.717, 1.165) is 28.0 Å². The average molecular weight is 484 g/mol. The SMILES string of the molecule is C=CCOc1ccc(CN(C)CC(=O)NCCN2C(=O)S/C(=C\c3ccccc3F)C2=O)cc1. The van der Waals surface area contributed by atoms with Crippen molar-refractivity contribution in [1.82, 2.24) is 15.1 Å². The van der Waals surface area contributed by atoms with Crippen molar-refractivity contribution < 1.29 is 23.5 Å². The lowest BCUT2D eigenvalue weighted by molar-refractivity contribution is -0.124. The van der Waals surface area contributed by atoms with E-state index in [2.05, 4.69) is 11.9 Å². The van der Waals surface area contributed by atoms with Gasteiger partial charge in [0, 0.05) is 25.2 Å². The van der Waals surface area contributed by atoms with Crippen LogP contribution in [0.1, 0.15) is 11.1 Å². The molecular weight excluding hydrogens is 457 g/mol. The first-order valence-corrected chi connectivity index (χ1v) is 11.5. The van der Waals surface area contributed by atoms with E-state index in [1.54, 1.807) is 18.2 Å². The molecule has 7 nitrogen and oxygen atoms in total. The Balaban J connectivity index is 1.43. The molecule has 9 heteroatoms. The van der Waals surface area contributed by atoms with Crippen LogP contribution < -0.4 is 10.1 Å². The Labute approximate surface area is 202 Å². The maximum absolute atomic E-state index is 13.8. The van der Waals surface area contributed by atoms with Gasteiger partial charge in [0.2, 0.25) is 5.91 Å². The number of likely N-dealkylation sites (N-methyl/N-ethyl adjacent to an activating group) is 1. The highest BCUT2D eigenvalue weighted by Gasteiger charge is 2.34. The number of amides is 3. The maximum Gasteiger partial charge on any atom is 0.293 e. The molecule has 178 valence electrons. The van der Waals surface area contributed by atoms with Crippen molar-refractivity contribution >= 4 is 34.9 Å². The fourth-order valence-electron chi connectivity index (χ4n) is 3.25. The van der Waals surface area contributed by atoms with Crippen molar-refractivity contribution in [2.75, 3.05) is 33.3 Å². The third-order valence-electron chi connectivity index (χ3n) is 4.88. The summed E-state index contributed by atoms with van der Waals surface area (Å²) in [6, 6.07) is 13.6. The van der Waals surface area contributed by atoms with Gasteiger partial charge in [-0.3, -0.25) is 24.2 Å². The number of rotatable bonds is 11. The van der Waals surface area contributed by atoms with Crippen molar-refractivity contribution in [1.29, 1.82) is 0 Å². The number of hydrogen-bond acceptors (Lipinski definition) is 6. The number of ether oxygens (including phenoxy) is 1. The molecule has 0 bridgehead atoms. The van der Waals surface area contributed by atoms with Gasteiger partial charge in [-0.2, -0.15) is 0 Å². The largest absolute Gasteiger partial charge is 0.490 e. The van der Waals surface area contributed by atoms with Crippen molar-refractivity contribution in [3.05, 3.63) is 83.0 Å². The molecule has 1 heterocycles. The highest BCUT2D eigenvalue weighted by Crippen LogP contribution is 2.32. The zero-order valence-electron chi connectivity index (χ0n) is 18.8. The molecule has 0 spiro atoms. The molecule has 1 N–H and O–H groups in total. The normalized spacial score (nSPS) is 14.7. The van der Waals surface area contributed by atoms with Gasteiger partial charge in [-0.1, -0.05) is 43.0 Å². The van der Waals surface area contributed by atoms with Crippen LogP contribution in [-0.4, -0.2) is 60.1 Å². The van der Waals surface area contributed by atoms with Gasteiger partial charge in [-0.15, -0.1) is 0 Å². The summed E-state index contributed by atoms with van der Waals surface area (Å²) >= 11 is 0.758. The van der Waals surface area contributed by atoms with E-state index < -0.39 is 17.0 Å². The van der Waals surface area contributed by atoms with E-state index in [-0.39, 0.29) is 36.0 Å². The van der Waals surface area contributed by atoms with Crippen LogP contribution in [0.2, 0.25) is 0 Å². The molecule has 3 rings (SSSR count). The van der Waals surface area contributed by atoms with Gasteiger partial charge in [-0.25, -0.2) is 4.39 Å². The van der Waals surface area contributed by atoms with Gasteiger partial charge in [0.25, 0.3) is 11.1 Å². The van der Waals surface area contributed by atoms with Crippen molar-refractivity contribution in [2.45, 2.75) is 6.54 Å². The van der Waals surface area contributed by atoms with E-state index in [4.69, 9.17) is 4.74 Å². The lowest BCUT2D eigenvalue weighted by Crippen LogP contribution is -2.40. The molecule has 1 fully saturated rings. The number of carbonyl (C=O) groups excluding carboxylic acids is 3. The number of benzene rings is 2. The molecule has 3 amide bonds. The number of halogens is 1. The summed E-state index contributed by atoms with van der Waals surface area (Å²) in [4.78, 5) is 40.1. The number of hydrogen-bond donors (Lipinski definition) is 1. The number of imide groups is 1. The highest BCUT2D eigenvalue weighted by molar-refractivity contribution is 8.18. The second-order valence-corrected chi connectivity index (χ2v) is 8.61. The molecule has 0 saturated carbocycles. The molecule has 2 aromatic rings. The Bertz CT molecular complexity index is 1090. The summed E-state index contributed by atoms with van der Waals surface area (Å²) in [5.74, 6) is -0.435. The number of thioether (sulfide) groups is 1. The van der Waals surface area contributed by atoms with Gasteiger partial charge >= 0.3 is 0 Å². The van der Waals surface area contributed by atoms with Gasteiger partial charge in [0.15, 0.2) is 0 Å². The summed E-state index contributed by atoms with van der Waals surface area (Å²) in [5.41, 5.74) is 1.27. The summed E-state index contributed by atoms with van der Waals surface area (Å²) < 4.78 is 19.3. The predicted molar refractivity (Wildman–Crippen MR) is 131 cm³/mol. The molecule has 0 unspecified atom stereocenters. The third-order valence-corrected chi connectivity index (χ3v) is 5.79. The van der Waals surface area contributed by atoms with Gasteiger partial charge in [0.1, 0.15) is 18.2 Å². The molecular formula is C25H26FN3O4S.